The molecule has 1 amide bonds. The molecule has 1 unspecified atom stereocenters. The number of anilines is 1. The number of aromatic hydroxyl groups is 1. The van der Waals surface area contributed by atoms with Crippen LogP contribution < -0.4 is 10.9 Å². The van der Waals surface area contributed by atoms with Crippen molar-refractivity contribution in [3.8, 4) is 5.75 Å². The molecule has 0 spiro atoms. The average molecular weight is 359 g/mol. The maximum Gasteiger partial charge on any atom is 0.305 e. The molecule has 0 radical (unpaired) electrons. The van der Waals surface area contributed by atoms with Crippen molar-refractivity contribution in [2.24, 2.45) is 5.92 Å². The summed E-state index contributed by atoms with van der Waals surface area (Å²) < 4.78 is 0. The normalized spacial score (nSPS) is 12.2. The van der Waals surface area contributed by atoms with E-state index in [2.05, 4.69) is 10.3 Å². The predicted octanol–water partition coefficient (Wildman–Crippen LogP) is 3.41. The van der Waals surface area contributed by atoms with Crippen molar-refractivity contribution in [1.82, 2.24) is 4.98 Å². The van der Waals surface area contributed by atoms with Gasteiger partial charge in [-0.2, -0.15) is 0 Å². The lowest BCUT2D eigenvalue weighted by Crippen LogP contribution is -2.27. The molecule has 26 heavy (non-hydrogen) atoms. The molecule has 6 nitrogen and oxygen atoms in total. The Morgan fingerprint density at radius 1 is 1.31 bits per heavy atom. The summed E-state index contributed by atoms with van der Waals surface area (Å²) in [6.45, 7) is 7.35. The van der Waals surface area contributed by atoms with Crippen LogP contribution in [0.5, 0.6) is 5.75 Å². The molecule has 0 bridgehead atoms. The highest BCUT2D eigenvalue weighted by Crippen LogP contribution is 2.32. The quantitative estimate of drug-likeness (QED) is 0.521. The fourth-order valence-electron chi connectivity index (χ4n) is 3.12. The fraction of sp³-hybridized carbons (Fsp3) is 0.450. The van der Waals surface area contributed by atoms with Gasteiger partial charge in [-0.05, 0) is 32.3 Å². The van der Waals surface area contributed by atoms with Crippen LogP contribution in [0.15, 0.2) is 16.9 Å². The number of nitrogens with one attached hydrogen (secondary N) is 2. The molecular weight excluding hydrogens is 332 g/mol. The van der Waals surface area contributed by atoms with E-state index in [1.165, 1.54) is 12.1 Å². The number of aromatic nitrogens is 1. The van der Waals surface area contributed by atoms with E-state index >= 15 is 0 Å². The van der Waals surface area contributed by atoms with Gasteiger partial charge in [0.1, 0.15) is 11.7 Å². The number of phenols is 1. The number of pyridine rings is 1. The monoisotopic (exact) mass is 359 g/mol. The Hall–Kier alpha value is -2.63. The van der Waals surface area contributed by atoms with Crippen LogP contribution in [0.1, 0.15) is 51.2 Å². The Bertz CT molecular complexity index is 899. The van der Waals surface area contributed by atoms with Crippen molar-refractivity contribution in [3.63, 3.8) is 0 Å². The summed E-state index contributed by atoms with van der Waals surface area (Å²) in [5, 5.41) is 13.5. The molecule has 1 aromatic heterocycles. The van der Waals surface area contributed by atoms with Crippen molar-refractivity contribution in [1.29, 1.82) is 0 Å². The van der Waals surface area contributed by atoms with Crippen molar-refractivity contribution in [3.05, 3.63) is 33.6 Å². The summed E-state index contributed by atoms with van der Waals surface area (Å²) in [6.07, 6.45) is 2.74. The summed E-state index contributed by atoms with van der Waals surface area (Å²) in [5.74, 6) is -0.933. The number of hydrogen-bond acceptors (Lipinski definition) is 3. The predicted molar refractivity (Wildman–Crippen MR) is 105 cm³/mol. The van der Waals surface area contributed by atoms with Crippen molar-refractivity contribution in [2.75, 3.05) is 5.32 Å². The standard InChI is InChI=1S/C20H26N2O4/c1-5-7-14-11(3)19(25)21-15-9-13(23)10-16(18(14)15)22-20(26)12(4)17(24)8-6-2/h9-10,12,23H,5-8H2,1-4H3,(H,21,25)(H,22,26)/p+1. The van der Waals surface area contributed by atoms with E-state index < -0.39 is 5.92 Å². The highest BCUT2D eigenvalue weighted by molar-refractivity contribution is 6.10. The molecular formula is C20H27N2O4+. The van der Waals surface area contributed by atoms with E-state index in [4.69, 9.17) is 0 Å². The first-order valence-corrected chi connectivity index (χ1v) is 9.04. The molecule has 0 aliphatic heterocycles. The number of fused-ring (bicyclic) bond motifs is 1. The summed E-state index contributed by atoms with van der Waals surface area (Å²) in [6, 6.07) is 2.95. The molecule has 0 aliphatic rings. The Kier molecular flexibility index (Phi) is 6.18. The van der Waals surface area contributed by atoms with Crippen LogP contribution >= 0.6 is 0 Å². The fourth-order valence-corrected chi connectivity index (χ4v) is 3.12. The summed E-state index contributed by atoms with van der Waals surface area (Å²) >= 11 is 0. The zero-order chi connectivity index (χ0) is 19.4. The minimum Gasteiger partial charge on any atom is -0.508 e. The third-order valence-electron chi connectivity index (χ3n) is 4.62. The van der Waals surface area contributed by atoms with Gasteiger partial charge in [0, 0.05) is 23.1 Å². The van der Waals surface area contributed by atoms with Crippen molar-refractivity contribution < 1.29 is 14.7 Å². The molecule has 4 N–H and O–H groups in total. The lowest BCUT2D eigenvalue weighted by atomic mass is 9.97. The molecule has 0 saturated carbocycles. The second-order valence-electron chi connectivity index (χ2n) is 6.68. The molecule has 0 fully saturated rings. The first-order valence-electron chi connectivity index (χ1n) is 9.04. The second kappa shape index (κ2) is 8.17. The van der Waals surface area contributed by atoms with Crippen molar-refractivity contribution in [2.45, 2.75) is 53.4 Å². The van der Waals surface area contributed by atoms with Crippen molar-refractivity contribution >= 4 is 28.3 Å². The van der Waals surface area contributed by atoms with Gasteiger partial charge >= 0.3 is 5.78 Å². The van der Waals surface area contributed by atoms with E-state index in [9.17, 15) is 19.5 Å². The van der Waals surface area contributed by atoms with Crippen LogP contribution in [0.25, 0.3) is 10.9 Å². The van der Waals surface area contributed by atoms with Crippen LogP contribution in [-0.4, -0.2) is 26.6 Å². The van der Waals surface area contributed by atoms with Gasteiger partial charge in [-0.25, -0.2) is 0 Å². The second-order valence-corrected chi connectivity index (χ2v) is 6.68. The van der Waals surface area contributed by atoms with E-state index in [0.29, 0.717) is 29.6 Å². The van der Waals surface area contributed by atoms with Gasteiger partial charge < -0.3 is 15.4 Å². The summed E-state index contributed by atoms with van der Waals surface area (Å²) in [7, 11) is 0. The minimum atomic E-state index is -0.661. The molecule has 1 aromatic carbocycles. The number of hydrogen-bond donors (Lipinski definition) is 3. The van der Waals surface area contributed by atoms with Gasteiger partial charge in [0.15, 0.2) is 0 Å². The highest BCUT2D eigenvalue weighted by atomic mass is 16.3. The lowest BCUT2D eigenvalue weighted by Gasteiger charge is -2.16. The largest absolute Gasteiger partial charge is 0.508 e. The number of amides is 1. The Labute approximate surface area is 152 Å². The molecule has 2 aromatic rings. The number of aryl methyl sites for hydroxylation is 1. The average Bonchev–Trinajstić information content (AvgIpc) is 2.58. The number of H-pyrrole nitrogens is 1. The van der Waals surface area contributed by atoms with Gasteiger partial charge in [0.25, 0.3) is 5.56 Å². The number of carbonyl (C=O) groups excluding carboxylic acids is 2. The molecule has 6 heteroatoms. The van der Waals surface area contributed by atoms with Gasteiger partial charge in [0.05, 0.1) is 17.6 Å². The highest BCUT2D eigenvalue weighted by Gasteiger charge is 2.27. The van der Waals surface area contributed by atoms with Crippen LogP contribution in [0, 0.1) is 12.8 Å². The molecule has 1 atom stereocenters. The number of ketones is 1. The molecule has 0 aliphatic carbocycles. The zero-order valence-corrected chi connectivity index (χ0v) is 15.8. The zero-order valence-electron chi connectivity index (χ0n) is 15.8. The first-order chi connectivity index (χ1) is 12.3. The number of benzene rings is 1. The van der Waals surface area contributed by atoms with E-state index in [1.807, 2.05) is 13.8 Å². The number of rotatable bonds is 7. The molecule has 140 valence electrons. The minimum absolute atomic E-state index is 0.0517. The third kappa shape index (κ3) is 3.95. The Balaban J connectivity index is 2.56. The summed E-state index contributed by atoms with van der Waals surface area (Å²) in [4.78, 5) is 37.5. The Morgan fingerprint density at radius 3 is 2.62 bits per heavy atom. The Morgan fingerprint density at radius 2 is 2.00 bits per heavy atom. The van der Waals surface area contributed by atoms with E-state index in [-0.39, 0.29) is 23.0 Å². The van der Waals surface area contributed by atoms with Crippen LogP contribution in [-0.2, 0) is 11.2 Å². The van der Waals surface area contributed by atoms with Gasteiger partial charge in [0.2, 0.25) is 5.91 Å². The van der Waals surface area contributed by atoms with Gasteiger partial charge in [-0.3, -0.25) is 14.4 Å². The molecule has 1 heterocycles. The lowest BCUT2D eigenvalue weighted by molar-refractivity contribution is -0.117. The number of aromatic amines is 1. The van der Waals surface area contributed by atoms with E-state index in [1.54, 1.807) is 13.8 Å². The van der Waals surface area contributed by atoms with Gasteiger partial charge in [-0.1, -0.05) is 20.3 Å². The summed E-state index contributed by atoms with van der Waals surface area (Å²) in [5.41, 5.74) is 2.17. The SMILES string of the molecule is CCCC(=[OH+])C(C)C(=O)Nc1cc(O)cc2[nH]c(=O)c(C)c(CCC)c12. The third-order valence-corrected chi connectivity index (χ3v) is 4.62. The van der Waals surface area contributed by atoms with E-state index in [0.717, 1.165) is 23.8 Å². The van der Waals surface area contributed by atoms with Crippen LogP contribution in [0.4, 0.5) is 5.69 Å². The first kappa shape index (κ1) is 19.7. The molecule has 0 saturated heterocycles. The number of carbonyl (C=O) groups is 1. The van der Waals surface area contributed by atoms with Crippen LogP contribution in [0.3, 0.4) is 0 Å². The van der Waals surface area contributed by atoms with Crippen LogP contribution in [0.2, 0.25) is 0 Å². The topological polar surface area (TPSA) is 104 Å². The molecule has 2 rings (SSSR count). The van der Waals surface area contributed by atoms with Gasteiger partial charge in [-0.15, -0.1) is 0 Å². The maximum absolute atomic E-state index is 12.6. The number of phenolic OH excluding ortho intramolecular Hbond substituents is 1. The smallest absolute Gasteiger partial charge is 0.305 e. The maximum atomic E-state index is 12.6.